The SMILES string of the molecule is CC(C)(CCn1ccc2c(-c3cnn([C@H](CC#N)C4CCCC4)c3)ncnc21)C(=O)O. The number of fused-ring (bicyclic) bond motifs is 1. The van der Waals surface area contributed by atoms with E-state index in [1.54, 1.807) is 13.8 Å². The third-order valence-corrected chi connectivity index (χ3v) is 6.57. The first-order valence-electron chi connectivity index (χ1n) is 10.9. The van der Waals surface area contributed by atoms with Crippen molar-refractivity contribution < 1.29 is 9.90 Å². The predicted octanol–water partition coefficient (Wildman–Crippen LogP) is 4.44. The van der Waals surface area contributed by atoms with Crippen LogP contribution in [0.5, 0.6) is 0 Å². The maximum Gasteiger partial charge on any atom is 0.309 e. The second-order valence-electron chi connectivity index (χ2n) is 9.09. The Morgan fingerprint density at radius 1 is 1.35 bits per heavy atom. The largest absolute Gasteiger partial charge is 0.481 e. The van der Waals surface area contributed by atoms with Gasteiger partial charge in [-0.3, -0.25) is 9.48 Å². The van der Waals surface area contributed by atoms with Crippen molar-refractivity contribution in [1.82, 2.24) is 24.3 Å². The second kappa shape index (κ2) is 8.50. The summed E-state index contributed by atoms with van der Waals surface area (Å²) in [6, 6.07) is 4.40. The standard InChI is InChI=1S/C23H28N6O2/c1-23(2,22(30)31)9-12-28-11-8-18-20(25-15-26-21(18)28)17-13-27-29(14-17)19(7-10-24)16-5-3-4-6-16/h8,11,13-16,19H,3-7,9,12H2,1-2H3,(H,30,31)/t19-/m1/s1. The van der Waals surface area contributed by atoms with Gasteiger partial charge in [0, 0.05) is 29.9 Å². The van der Waals surface area contributed by atoms with Crippen LogP contribution in [0.4, 0.5) is 0 Å². The topological polar surface area (TPSA) is 110 Å². The Kier molecular flexibility index (Phi) is 5.77. The number of aryl methyl sites for hydroxylation is 1. The van der Waals surface area contributed by atoms with Gasteiger partial charge >= 0.3 is 5.97 Å². The molecule has 0 radical (unpaired) electrons. The van der Waals surface area contributed by atoms with Gasteiger partial charge in [0.25, 0.3) is 0 Å². The summed E-state index contributed by atoms with van der Waals surface area (Å²) in [4.78, 5) is 20.4. The molecule has 8 heteroatoms. The van der Waals surface area contributed by atoms with Gasteiger partial charge in [0.15, 0.2) is 0 Å². The van der Waals surface area contributed by atoms with E-state index in [9.17, 15) is 15.2 Å². The summed E-state index contributed by atoms with van der Waals surface area (Å²) >= 11 is 0. The van der Waals surface area contributed by atoms with E-state index >= 15 is 0 Å². The maximum absolute atomic E-state index is 11.4. The molecular weight excluding hydrogens is 392 g/mol. The normalized spacial score (nSPS) is 15.9. The zero-order valence-electron chi connectivity index (χ0n) is 18.0. The summed E-state index contributed by atoms with van der Waals surface area (Å²) < 4.78 is 3.92. The lowest BCUT2D eigenvalue weighted by Crippen LogP contribution is -2.25. The van der Waals surface area contributed by atoms with Gasteiger partial charge in [0.1, 0.15) is 12.0 Å². The molecule has 0 unspecified atom stereocenters. The Morgan fingerprint density at radius 2 is 2.13 bits per heavy atom. The quantitative estimate of drug-likeness (QED) is 0.577. The van der Waals surface area contributed by atoms with Gasteiger partial charge in [0.2, 0.25) is 0 Å². The lowest BCUT2D eigenvalue weighted by Gasteiger charge is -2.21. The van der Waals surface area contributed by atoms with E-state index < -0.39 is 11.4 Å². The van der Waals surface area contributed by atoms with Gasteiger partial charge in [-0.2, -0.15) is 10.4 Å². The van der Waals surface area contributed by atoms with Crippen LogP contribution in [0.2, 0.25) is 0 Å². The molecule has 0 bridgehead atoms. The summed E-state index contributed by atoms with van der Waals surface area (Å²) in [6.07, 6.45) is 13.0. The highest BCUT2D eigenvalue weighted by atomic mass is 16.4. The van der Waals surface area contributed by atoms with Gasteiger partial charge in [-0.15, -0.1) is 0 Å². The average Bonchev–Trinajstić information content (AvgIpc) is 3.51. The Bertz CT molecular complexity index is 1120. The van der Waals surface area contributed by atoms with Crippen LogP contribution in [0.3, 0.4) is 0 Å². The molecule has 0 saturated heterocycles. The van der Waals surface area contributed by atoms with Gasteiger partial charge in [-0.25, -0.2) is 9.97 Å². The summed E-state index contributed by atoms with van der Waals surface area (Å²) in [5, 5.41) is 24.2. The molecule has 1 saturated carbocycles. The number of aliphatic carboxylic acids is 1. The number of aromatic nitrogens is 5. The van der Waals surface area contributed by atoms with Crippen LogP contribution < -0.4 is 0 Å². The highest BCUT2D eigenvalue weighted by Gasteiger charge is 2.28. The number of hydrogen-bond donors (Lipinski definition) is 1. The van der Waals surface area contributed by atoms with Crippen molar-refractivity contribution in [1.29, 1.82) is 5.26 Å². The zero-order chi connectivity index (χ0) is 22.0. The molecule has 1 atom stereocenters. The van der Waals surface area contributed by atoms with E-state index in [0.717, 1.165) is 35.1 Å². The van der Waals surface area contributed by atoms with Crippen molar-refractivity contribution in [2.75, 3.05) is 0 Å². The Labute approximate surface area is 181 Å². The molecule has 4 rings (SSSR count). The van der Waals surface area contributed by atoms with E-state index in [0.29, 0.717) is 25.3 Å². The monoisotopic (exact) mass is 420 g/mol. The molecule has 1 aliphatic carbocycles. The van der Waals surface area contributed by atoms with Crippen LogP contribution >= 0.6 is 0 Å². The van der Waals surface area contributed by atoms with Crippen LogP contribution in [-0.2, 0) is 11.3 Å². The summed E-state index contributed by atoms with van der Waals surface area (Å²) in [5.41, 5.74) is 1.68. The molecule has 0 spiro atoms. The lowest BCUT2D eigenvalue weighted by molar-refractivity contribution is -0.147. The minimum Gasteiger partial charge on any atom is -0.481 e. The summed E-state index contributed by atoms with van der Waals surface area (Å²) in [5.74, 6) is -0.308. The van der Waals surface area contributed by atoms with Gasteiger partial charge in [-0.05, 0) is 45.1 Å². The number of carboxylic acid groups (broad SMARTS) is 1. The second-order valence-corrected chi connectivity index (χ2v) is 9.09. The van der Waals surface area contributed by atoms with Crippen molar-refractivity contribution >= 4 is 17.0 Å². The fourth-order valence-corrected chi connectivity index (χ4v) is 4.47. The molecule has 1 N–H and O–H groups in total. The number of hydrogen-bond acceptors (Lipinski definition) is 5. The van der Waals surface area contributed by atoms with E-state index in [1.165, 1.54) is 19.2 Å². The van der Waals surface area contributed by atoms with Gasteiger partial charge < -0.3 is 9.67 Å². The van der Waals surface area contributed by atoms with Crippen molar-refractivity contribution in [3.63, 3.8) is 0 Å². The molecule has 1 aliphatic rings. The maximum atomic E-state index is 11.4. The van der Waals surface area contributed by atoms with Crippen LogP contribution in [-0.4, -0.2) is 35.4 Å². The molecule has 3 heterocycles. The highest BCUT2D eigenvalue weighted by Crippen LogP contribution is 2.37. The molecule has 0 aromatic carbocycles. The van der Waals surface area contributed by atoms with E-state index in [4.69, 9.17) is 0 Å². The first kappa shape index (κ1) is 21.0. The fraction of sp³-hybridized carbons (Fsp3) is 0.522. The van der Waals surface area contributed by atoms with Gasteiger partial charge in [0.05, 0.1) is 35.8 Å². The number of nitrogens with zero attached hydrogens (tertiary/aromatic N) is 6. The molecule has 3 aromatic rings. The first-order chi connectivity index (χ1) is 14.9. The lowest BCUT2D eigenvalue weighted by atomic mass is 9.90. The van der Waals surface area contributed by atoms with Crippen molar-refractivity contribution in [3.05, 3.63) is 31.0 Å². The fourth-order valence-electron chi connectivity index (χ4n) is 4.47. The zero-order valence-corrected chi connectivity index (χ0v) is 18.0. The summed E-state index contributed by atoms with van der Waals surface area (Å²) in [7, 11) is 0. The molecule has 8 nitrogen and oxygen atoms in total. The first-order valence-corrected chi connectivity index (χ1v) is 10.9. The molecule has 0 amide bonds. The molecule has 3 aromatic heterocycles. The van der Waals surface area contributed by atoms with Crippen molar-refractivity contribution in [2.24, 2.45) is 11.3 Å². The number of carboxylic acids is 1. The third-order valence-electron chi connectivity index (χ3n) is 6.57. The van der Waals surface area contributed by atoms with Crippen LogP contribution in [0.25, 0.3) is 22.3 Å². The average molecular weight is 421 g/mol. The molecule has 1 fully saturated rings. The number of rotatable bonds is 8. The number of nitriles is 1. The van der Waals surface area contributed by atoms with Gasteiger partial charge in [-0.1, -0.05) is 12.8 Å². The Balaban J connectivity index is 1.61. The van der Waals surface area contributed by atoms with E-state index in [2.05, 4.69) is 21.1 Å². The highest BCUT2D eigenvalue weighted by molar-refractivity contribution is 5.90. The van der Waals surface area contributed by atoms with Crippen LogP contribution in [0.1, 0.15) is 58.4 Å². The molecule has 162 valence electrons. The molecule has 31 heavy (non-hydrogen) atoms. The van der Waals surface area contributed by atoms with Crippen LogP contribution in [0, 0.1) is 22.7 Å². The summed E-state index contributed by atoms with van der Waals surface area (Å²) in [6.45, 7) is 4.03. The Hall–Kier alpha value is -3.21. The molecule has 0 aliphatic heterocycles. The van der Waals surface area contributed by atoms with E-state index in [-0.39, 0.29) is 6.04 Å². The number of carbonyl (C=O) groups is 1. The minimum absolute atomic E-state index is 0.0985. The Morgan fingerprint density at radius 3 is 2.84 bits per heavy atom. The predicted molar refractivity (Wildman–Crippen MR) is 116 cm³/mol. The van der Waals surface area contributed by atoms with Crippen LogP contribution in [0.15, 0.2) is 31.0 Å². The van der Waals surface area contributed by atoms with E-state index in [1.807, 2.05) is 33.9 Å². The van der Waals surface area contributed by atoms with Crippen molar-refractivity contribution in [2.45, 2.75) is 65.0 Å². The third kappa shape index (κ3) is 4.18. The molecular formula is C23H28N6O2. The van der Waals surface area contributed by atoms with Crippen molar-refractivity contribution in [3.8, 4) is 17.3 Å². The minimum atomic E-state index is -0.805. The smallest absolute Gasteiger partial charge is 0.309 e.